The number of phenols is 1. The first-order valence-corrected chi connectivity index (χ1v) is 5.70. The number of hydrogen-bond donors (Lipinski definition) is 3. The number of nitrogens with one attached hydrogen (secondary N) is 1. The summed E-state index contributed by atoms with van der Waals surface area (Å²) in [4.78, 5) is 13.5. The van der Waals surface area contributed by atoms with Crippen molar-refractivity contribution in [2.24, 2.45) is 0 Å². The fourth-order valence-electron chi connectivity index (χ4n) is 1.77. The number of aliphatic carboxylic acids is 1. The van der Waals surface area contributed by atoms with Gasteiger partial charge >= 0.3 is 5.97 Å². The first kappa shape index (κ1) is 14.0. The Hall–Kier alpha value is -2.04. The van der Waals surface area contributed by atoms with Gasteiger partial charge in [0.05, 0.1) is 6.42 Å². The number of carboxylic acid groups (broad SMARTS) is 1. The van der Waals surface area contributed by atoms with Crippen LogP contribution in [-0.2, 0) is 11.2 Å². The Labute approximate surface area is 104 Å². The molecule has 3 N–H and O–H groups in total. The van der Waals surface area contributed by atoms with Crippen LogP contribution in [0.25, 0.3) is 10.9 Å². The van der Waals surface area contributed by atoms with Crippen LogP contribution in [0.1, 0.15) is 25.1 Å². The van der Waals surface area contributed by atoms with Gasteiger partial charge in [0.25, 0.3) is 0 Å². The highest BCUT2D eigenvalue weighted by molar-refractivity contribution is 5.89. The monoisotopic (exact) mass is 253 g/mol. The topological polar surface area (TPSA) is 73.3 Å². The number of halogens is 1. The Kier molecular flexibility index (Phi) is 4.31. The second-order valence-electron chi connectivity index (χ2n) is 3.65. The van der Waals surface area contributed by atoms with E-state index in [9.17, 15) is 14.3 Å². The van der Waals surface area contributed by atoms with Crippen LogP contribution in [0.4, 0.5) is 4.39 Å². The number of aromatic nitrogens is 1. The summed E-state index contributed by atoms with van der Waals surface area (Å²) in [5.74, 6) is -2.17. The van der Waals surface area contributed by atoms with Gasteiger partial charge in [-0.15, -0.1) is 0 Å². The van der Waals surface area contributed by atoms with Gasteiger partial charge in [0, 0.05) is 22.7 Å². The van der Waals surface area contributed by atoms with Crippen LogP contribution in [0.5, 0.6) is 5.75 Å². The number of carboxylic acids is 1. The van der Waals surface area contributed by atoms with Gasteiger partial charge in [-0.3, -0.25) is 4.79 Å². The maximum Gasteiger partial charge on any atom is 0.307 e. The van der Waals surface area contributed by atoms with Crippen molar-refractivity contribution in [3.8, 4) is 5.75 Å². The second kappa shape index (κ2) is 5.53. The van der Waals surface area contributed by atoms with E-state index < -0.39 is 17.5 Å². The standard InChI is InChI=1S/C11H10FNO3.C2H6/c1-5-6(3-11(15)16)7-2-10(14)8(12)4-9(7)13-5;1-2/h2,4,13-14H,3H2,1H3,(H,15,16);1-2H3. The summed E-state index contributed by atoms with van der Waals surface area (Å²) in [7, 11) is 0. The number of aryl methyl sites for hydroxylation is 1. The Morgan fingerprint density at radius 2 is 2.00 bits per heavy atom. The van der Waals surface area contributed by atoms with Gasteiger partial charge in [0.15, 0.2) is 11.6 Å². The molecule has 0 aliphatic carbocycles. The Morgan fingerprint density at radius 1 is 1.39 bits per heavy atom. The minimum atomic E-state index is -0.965. The zero-order chi connectivity index (χ0) is 13.9. The maximum atomic E-state index is 13.1. The van der Waals surface area contributed by atoms with Crippen molar-refractivity contribution in [1.82, 2.24) is 4.98 Å². The van der Waals surface area contributed by atoms with Crippen molar-refractivity contribution in [2.75, 3.05) is 0 Å². The van der Waals surface area contributed by atoms with Gasteiger partial charge in [-0.25, -0.2) is 4.39 Å². The molecule has 18 heavy (non-hydrogen) atoms. The lowest BCUT2D eigenvalue weighted by molar-refractivity contribution is -0.136. The molecule has 1 aromatic heterocycles. The molecule has 1 aromatic carbocycles. The average Bonchev–Trinajstić information content (AvgIpc) is 2.59. The van der Waals surface area contributed by atoms with E-state index in [0.29, 0.717) is 22.2 Å². The third-order valence-electron chi connectivity index (χ3n) is 2.51. The normalized spacial score (nSPS) is 10.0. The molecule has 0 radical (unpaired) electrons. The first-order valence-electron chi connectivity index (χ1n) is 5.70. The summed E-state index contributed by atoms with van der Waals surface area (Å²) in [6.45, 7) is 5.72. The number of aromatic hydroxyl groups is 1. The molecule has 0 saturated heterocycles. The van der Waals surface area contributed by atoms with E-state index >= 15 is 0 Å². The van der Waals surface area contributed by atoms with Crippen LogP contribution in [0, 0.1) is 12.7 Å². The van der Waals surface area contributed by atoms with E-state index in [2.05, 4.69) is 4.98 Å². The molecule has 0 spiro atoms. The highest BCUT2D eigenvalue weighted by Crippen LogP contribution is 2.28. The molecule has 4 nitrogen and oxygen atoms in total. The number of phenolic OH excluding ortho intramolecular Hbond substituents is 1. The van der Waals surface area contributed by atoms with E-state index in [1.807, 2.05) is 13.8 Å². The Morgan fingerprint density at radius 3 is 2.56 bits per heavy atom. The van der Waals surface area contributed by atoms with Gasteiger partial charge in [0.1, 0.15) is 0 Å². The van der Waals surface area contributed by atoms with Gasteiger partial charge < -0.3 is 15.2 Å². The molecule has 2 rings (SSSR count). The second-order valence-corrected chi connectivity index (χ2v) is 3.65. The van der Waals surface area contributed by atoms with Crippen LogP contribution >= 0.6 is 0 Å². The van der Waals surface area contributed by atoms with Crippen molar-refractivity contribution in [3.05, 3.63) is 29.2 Å². The molecular weight excluding hydrogens is 237 g/mol. The van der Waals surface area contributed by atoms with Crippen molar-refractivity contribution in [1.29, 1.82) is 0 Å². The lowest BCUT2D eigenvalue weighted by atomic mass is 10.1. The number of benzene rings is 1. The summed E-state index contributed by atoms with van der Waals surface area (Å²) in [5, 5.41) is 18.5. The highest BCUT2D eigenvalue weighted by Gasteiger charge is 2.14. The predicted molar refractivity (Wildman–Crippen MR) is 67.3 cm³/mol. The molecule has 5 heteroatoms. The van der Waals surface area contributed by atoms with E-state index in [1.165, 1.54) is 6.07 Å². The van der Waals surface area contributed by atoms with Crippen molar-refractivity contribution in [3.63, 3.8) is 0 Å². The Balaban J connectivity index is 0.000000771. The summed E-state index contributed by atoms with van der Waals surface area (Å²) < 4.78 is 13.1. The van der Waals surface area contributed by atoms with Crippen LogP contribution in [0.2, 0.25) is 0 Å². The molecule has 0 bridgehead atoms. The van der Waals surface area contributed by atoms with E-state index in [1.54, 1.807) is 6.92 Å². The minimum Gasteiger partial charge on any atom is -0.505 e. The zero-order valence-corrected chi connectivity index (χ0v) is 10.5. The SMILES string of the molecule is CC.Cc1[nH]c2cc(F)c(O)cc2c1CC(=O)O. The smallest absolute Gasteiger partial charge is 0.307 e. The van der Waals surface area contributed by atoms with Gasteiger partial charge in [-0.2, -0.15) is 0 Å². The number of aromatic amines is 1. The molecular formula is C13H16FNO3. The quantitative estimate of drug-likeness (QED) is 0.770. The third-order valence-corrected chi connectivity index (χ3v) is 2.51. The van der Waals surface area contributed by atoms with Crippen molar-refractivity contribution < 1.29 is 19.4 Å². The first-order chi connectivity index (χ1) is 8.49. The van der Waals surface area contributed by atoms with Crippen molar-refractivity contribution in [2.45, 2.75) is 27.2 Å². The molecule has 0 aliphatic heterocycles. The molecule has 98 valence electrons. The lowest BCUT2D eigenvalue weighted by Crippen LogP contribution is -2.00. The molecule has 0 aliphatic rings. The summed E-state index contributed by atoms with van der Waals surface area (Å²) in [6.07, 6.45) is -0.156. The number of rotatable bonds is 2. The molecule has 1 heterocycles. The number of fused-ring (bicyclic) bond motifs is 1. The minimum absolute atomic E-state index is 0.156. The molecule has 0 amide bonds. The van der Waals surface area contributed by atoms with E-state index in [4.69, 9.17) is 5.11 Å². The van der Waals surface area contributed by atoms with Gasteiger partial charge in [0.2, 0.25) is 0 Å². The van der Waals surface area contributed by atoms with Crippen LogP contribution in [0.3, 0.4) is 0 Å². The molecule has 0 atom stereocenters. The number of carbonyl (C=O) groups is 1. The van der Waals surface area contributed by atoms with Crippen molar-refractivity contribution >= 4 is 16.9 Å². The molecule has 2 aromatic rings. The highest BCUT2D eigenvalue weighted by atomic mass is 19.1. The van der Waals surface area contributed by atoms with E-state index in [-0.39, 0.29) is 6.42 Å². The Bertz CT molecular complexity index is 575. The van der Waals surface area contributed by atoms with Crippen LogP contribution in [-0.4, -0.2) is 21.2 Å². The van der Waals surface area contributed by atoms with Crippen LogP contribution in [0.15, 0.2) is 12.1 Å². The number of H-pyrrole nitrogens is 1. The van der Waals surface area contributed by atoms with Gasteiger partial charge in [-0.05, 0) is 18.6 Å². The number of hydrogen-bond acceptors (Lipinski definition) is 2. The maximum absolute atomic E-state index is 13.1. The average molecular weight is 253 g/mol. The summed E-state index contributed by atoms with van der Waals surface area (Å²) in [6, 6.07) is 2.40. The largest absolute Gasteiger partial charge is 0.505 e. The molecule has 0 fully saturated rings. The molecule has 0 saturated carbocycles. The van der Waals surface area contributed by atoms with Gasteiger partial charge in [-0.1, -0.05) is 13.8 Å². The summed E-state index contributed by atoms with van der Waals surface area (Å²) >= 11 is 0. The molecule has 0 unspecified atom stereocenters. The fourth-order valence-corrected chi connectivity index (χ4v) is 1.77. The van der Waals surface area contributed by atoms with Crippen LogP contribution < -0.4 is 0 Å². The fraction of sp³-hybridized carbons (Fsp3) is 0.308. The zero-order valence-electron chi connectivity index (χ0n) is 10.5. The van der Waals surface area contributed by atoms with E-state index in [0.717, 1.165) is 6.07 Å². The third kappa shape index (κ3) is 2.61. The summed E-state index contributed by atoms with van der Waals surface area (Å²) in [5.41, 5.74) is 1.73. The lowest BCUT2D eigenvalue weighted by Gasteiger charge is -1.98. The predicted octanol–water partition coefficient (Wildman–Crippen LogP) is 2.97.